The lowest BCUT2D eigenvalue weighted by Crippen LogP contribution is -2.05. The average molecular weight is 949 g/mol. The summed E-state index contributed by atoms with van der Waals surface area (Å²) in [6.45, 7) is 0. The number of hydrogen-bond acceptors (Lipinski definition) is 3. The molecule has 0 amide bonds. The Bertz CT molecular complexity index is 4140. The largest absolute Gasteiger partial charge is 0.416 e. The Morgan fingerprint density at radius 1 is 0.288 bits per heavy atom. The summed E-state index contributed by atoms with van der Waals surface area (Å²) in [5, 5.41) is 6.61. The molecule has 6 nitrogen and oxygen atoms in total. The van der Waals surface area contributed by atoms with Crippen LogP contribution in [-0.2, 0) is 6.18 Å². The number of para-hydroxylation sites is 4. The van der Waals surface area contributed by atoms with Gasteiger partial charge in [-0.25, -0.2) is 15.0 Å². The number of nitrogens with zero attached hydrogens (tertiary/aromatic N) is 6. The van der Waals surface area contributed by atoms with Crippen LogP contribution in [0, 0.1) is 0 Å². The van der Waals surface area contributed by atoms with E-state index in [1.54, 1.807) is 12.1 Å². The Hall–Kier alpha value is -9.60. The van der Waals surface area contributed by atoms with Gasteiger partial charge in [-0.1, -0.05) is 170 Å². The lowest BCUT2D eigenvalue weighted by atomic mass is 9.99. The molecule has 14 rings (SSSR count). The van der Waals surface area contributed by atoms with Crippen LogP contribution in [0.3, 0.4) is 0 Å². The monoisotopic (exact) mass is 948 g/mol. The van der Waals surface area contributed by atoms with Gasteiger partial charge in [-0.05, 0) is 72.3 Å². The Labute approximate surface area is 416 Å². The highest BCUT2D eigenvalue weighted by atomic mass is 19.4. The first-order chi connectivity index (χ1) is 35.8. The topological polar surface area (TPSA) is 53.5 Å². The van der Waals surface area contributed by atoms with Crippen molar-refractivity contribution in [2.45, 2.75) is 6.18 Å². The van der Waals surface area contributed by atoms with E-state index in [4.69, 9.17) is 15.0 Å². The van der Waals surface area contributed by atoms with Gasteiger partial charge in [0, 0.05) is 65.9 Å². The molecule has 0 spiro atoms. The van der Waals surface area contributed by atoms with Gasteiger partial charge in [-0.15, -0.1) is 0 Å². The van der Waals surface area contributed by atoms with Crippen molar-refractivity contribution in [2.24, 2.45) is 0 Å². The lowest BCUT2D eigenvalue weighted by molar-refractivity contribution is -0.137. The van der Waals surface area contributed by atoms with Crippen LogP contribution >= 0.6 is 0 Å². The molecule has 0 aliphatic carbocycles. The van der Waals surface area contributed by atoms with Crippen molar-refractivity contribution in [2.75, 3.05) is 0 Å². The summed E-state index contributed by atoms with van der Waals surface area (Å²) in [5.74, 6) is 1.48. The van der Waals surface area contributed by atoms with Crippen LogP contribution in [0.4, 0.5) is 13.2 Å². The molecule has 0 saturated carbocycles. The molecule has 0 radical (unpaired) electrons. The Morgan fingerprint density at radius 2 is 0.658 bits per heavy atom. The van der Waals surface area contributed by atoms with E-state index in [0.717, 1.165) is 111 Å². The third kappa shape index (κ3) is 6.92. The number of benzene rings is 10. The van der Waals surface area contributed by atoms with Crippen molar-refractivity contribution in [3.05, 3.63) is 242 Å². The molecule has 4 aromatic heterocycles. The molecular weight excluding hydrogens is 910 g/mol. The molecule has 0 unspecified atom stereocenters. The molecule has 0 saturated heterocycles. The van der Waals surface area contributed by atoms with Crippen molar-refractivity contribution < 1.29 is 13.2 Å². The molecule has 10 aromatic carbocycles. The standard InChI is InChI=1S/C64H39F3N6/c65-64(66,67)44-30-27-40(28-31-44)47-34-29-43(63-69-61(41-15-3-1-4-16-41)68-62(70-63)42-17-5-2-6-18-42)37-58(47)73-59-38-45(71-54-23-11-7-19-48(54)49-20-8-12-24-55(49)71)32-35-52(59)53-36-33-46(39-60(53)73)72-56-25-13-9-21-50(56)51-22-10-14-26-57(51)72/h1-39H. The smallest absolute Gasteiger partial charge is 0.309 e. The molecule has 4 heterocycles. The Balaban J connectivity index is 1.09. The first kappa shape index (κ1) is 42.3. The SMILES string of the molecule is FC(F)(F)c1ccc(-c2ccc(-c3nc(-c4ccccc4)nc(-c4ccccc4)n3)cc2-n2c3cc(-n4c5ccccc5c5ccccc54)ccc3c3ccc(-n4c5ccccc5c5ccccc54)cc32)cc1. The maximum absolute atomic E-state index is 14.2. The van der Waals surface area contributed by atoms with Crippen LogP contribution in [-0.4, -0.2) is 28.7 Å². The molecule has 9 heteroatoms. The van der Waals surface area contributed by atoms with Gasteiger partial charge < -0.3 is 13.7 Å². The first-order valence-electron chi connectivity index (χ1n) is 24.1. The quantitative estimate of drug-likeness (QED) is 0.160. The molecule has 14 aromatic rings. The van der Waals surface area contributed by atoms with E-state index in [0.29, 0.717) is 28.6 Å². The van der Waals surface area contributed by atoms with E-state index in [1.807, 2.05) is 72.8 Å². The molecule has 73 heavy (non-hydrogen) atoms. The number of halogens is 3. The molecule has 0 aliphatic heterocycles. The van der Waals surface area contributed by atoms with Crippen molar-refractivity contribution in [1.29, 1.82) is 0 Å². The van der Waals surface area contributed by atoms with Crippen LogP contribution in [0.15, 0.2) is 237 Å². The second-order valence-corrected chi connectivity index (χ2v) is 18.3. The fourth-order valence-electron chi connectivity index (χ4n) is 10.8. The van der Waals surface area contributed by atoms with Crippen LogP contribution in [0.25, 0.3) is 128 Å². The van der Waals surface area contributed by atoms with Crippen molar-refractivity contribution in [3.8, 4) is 62.4 Å². The third-order valence-corrected chi connectivity index (χ3v) is 14.1. The summed E-state index contributed by atoms with van der Waals surface area (Å²) in [6, 6.07) is 78.2. The van der Waals surface area contributed by atoms with Gasteiger partial charge in [-0.2, -0.15) is 13.2 Å². The number of alkyl halides is 3. The maximum Gasteiger partial charge on any atom is 0.416 e. The average Bonchev–Trinajstić information content (AvgIpc) is 4.08. The predicted octanol–water partition coefficient (Wildman–Crippen LogP) is 16.8. The van der Waals surface area contributed by atoms with Gasteiger partial charge >= 0.3 is 6.18 Å². The lowest BCUT2D eigenvalue weighted by Gasteiger charge is -2.18. The summed E-state index contributed by atoms with van der Waals surface area (Å²) in [5.41, 5.74) is 11.8. The second kappa shape index (κ2) is 16.5. The van der Waals surface area contributed by atoms with E-state index in [-0.39, 0.29) is 0 Å². The van der Waals surface area contributed by atoms with Crippen molar-refractivity contribution in [3.63, 3.8) is 0 Å². The zero-order valence-electron chi connectivity index (χ0n) is 38.8. The highest BCUT2D eigenvalue weighted by Crippen LogP contribution is 2.43. The van der Waals surface area contributed by atoms with Crippen molar-refractivity contribution >= 4 is 65.4 Å². The highest BCUT2D eigenvalue weighted by molar-refractivity contribution is 6.14. The highest BCUT2D eigenvalue weighted by Gasteiger charge is 2.30. The summed E-state index contributed by atoms with van der Waals surface area (Å²) < 4.78 is 49.5. The maximum atomic E-state index is 14.2. The molecule has 0 fully saturated rings. The van der Waals surface area contributed by atoms with Gasteiger partial charge in [0.1, 0.15) is 0 Å². The Morgan fingerprint density at radius 3 is 1.08 bits per heavy atom. The number of rotatable bonds is 7. The first-order valence-corrected chi connectivity index (χ1v) is 24.1. The summed E-state index contributed by atoms with van der Waals surface area (Å²) in [6.07, 6.45) is -4.50. The Kier molecular flexibility index (Phi) is 9.56. The van der Waals surface area contributed by atoms with Gasteiger partial charge in [-0.3, -0.25) is 0 Å². The van der Waals surface area contributed by atoms with Crippen LogP contribution in [0.1, 0.15) is 5.56 Å². The number of hydrogen-bond donors (Lipinski definition) is 0. The fraction of sp³-hybridized carbons (Fsp3) is 0.0156. The minimum atomic E-state index is -4.50. The van der Waals surface area contributed by atoms with E-state index >= 15 is 0 Å². The van der Waals surface area contributed by atoms with Crippen LogP contribution < -0.4 is 0 Å². The van der Waals surface area contributed by atoms with Gasteiger partial charge in [0.25, 0.3) is 0 Å². The molecule has 346 valence electrons. The van der Waals surface area contributed by atoms with Crippen molar-refractivity contribution in [1.82, 2.24) is 28.7 Å². The van der Waals surface area contributed by atoms with Crippen LogP contribution in [0.5, 0.6) is 0 Å². The van der Waals surface area contributed by atoms with Gasteiger partial charge in [0.2, 0.25) is 0 Å². The normalized spacial score (nSPS) is 12.0. The van der Waals surface area contributed by atoms with Gasteiger partial charge in [0.15, 0.2) is 17.5 Å². The van der Waals surface area contributed by atoms with E-state index in [1.165, 1.54) is 0 Å². The third-order valence-electron chi connectivity index (χ3n) is 14.1. The minimum absolute atomic E-state index is 0.450. The molecule has 0 bridgehead atoms. The molecular formula is C64H39F3N6. The van der Waals surface area contributed by atoms with E-state index in [2.05, 4.69) is 153 Å². The number of fused-ring (bicyclic) bond motifs is 9. The predicted molar refractivity (Wildman–Crippen MR) is 290 cm³/mol. The molecule has 0 atom stereocenters. The van der Waals surface area contributed by atoms with E-state index in [9.17, 15) is 13.2 Å². The fourth-order valence-corrected chi connectivity index (χ4v) is 10.8. The second-order valence-electron chi connectivity index (χ2n) is 18.3. The number of aromatic nitrogens is 6. The summed E-state index contributed by atoms with van der Waals surface area (Å²) >= 11 is 0. The minimum Gasteiger partial charge on any atom is -0.309 e. The molecule has 0 N–H and O–H groups in total. The zero-order valence-corrected chi connectivity index (χ0v) is 38.8. The summed E-state index contributed by atoms with van der Waals surface area (Å²) in [7, 11) is 0. The van der Waals surface area contributed by atoms with Crippen LogP contribution in [0.2, 0.25) is 0 Å². The van der Waals surface area contributed by atoms with E-state index < -0.39 is 11.7 Å². The van der Waals surface area contributed by atoms with Gasteiger partial charge in [0.05, 0.1) is 44.4 Å². The summed E-state index contributed by atoms with van der Waals surface area (Å²) in [4.78, 5) is 15.2. The molecule has 0 aliphatic rings. The zero-order chi connectivity index (χ0) is 48.8.